The van der Waals surface area contributed by atoms with Gasteiger partial charge < -0.3 is 5.11 Å². The number of phenolic OH excluding ortho intramolecular Hbond substituents is 1. The van der Waals surface area contributed by atoms with E-state index in [2.05, 4.69) is 0 Å². The molecule has 0 aliphatic rings. The smallest absolute Gasteiger partial charge is 0.177 e. The number of hydrogen-bond donors (Lipinski definition) is 1. The molecule has 0 unspecified atom stereocenters. The van der Waals surface area contributed by atoms with Gasteiger partial charge >= 0.3 is 0 Å². The zero-order valence-electron chi connectivity index (χ0n) is 6.05. The van der Waals surface area contributed by atoms with Gasteiger partial charge in [0.25, 0.3) is 0 Å². The summed E-state index contributed by atoms with van der Waals surface area (Å²) in [6.07, 6.45) is 0. The summed E-state index contributed by atoms with van der Waals surface area (Å²) >= 11 is 10.9. The molecule has 2 nitrogen and oxygen atoms in total. The van der Waals surface area contributed by atoms with Gasteiger partial charge in [-0.15, -0.1) is 11.6 Å². The second-order valence-electron chi connectivity index (χ2n) is 2.25. The second-order valence-corrected chi connectivity index (χ2v) is 2.96. The van der Waals surface area contributed by atoms with Crippen molar-refractivity contribution in [1.82, 2.24) is 0 Å². The molecule has 1 aromatic carbocycles. The monoisotopic (exact) mass is 204 g/mol. The fraction of sp³-hybridized carbons (Fsp3) is 0.125. The van der Waals surface area contributed by atoms with Gasteiger partial charge in [-0.05, 0) is 18.2 Å². The maximum Gasteiger partial charge on any atom is 0.177 e. The largest absolute Gasteiger partial charge is 0.508 e. The second kappa shape index (κ2) is 3.78. The van der Waals surface area contributed by atoms with Gasteiger partial charge in [0.2, 0.25) is 0 Å². The number of carbonyl (C=O) groups excluding carboxylic acids is 1. The van der Waals surface area contributed by atoms with Gasteiger partial charge in [-0.2, -0.15) is 0 Å². The van der Waals surface area contributed by atoms with Crippen molar-refractivity contribution in [2.24, 2.45) is 0 Å². The summed E-state index contributed by atoms with van der Waals surface area (Å²) in [5, 5.41) is 9.38. The third kappa shape index (κ3) is 2.13. The first-order valence-corrected chi connectivity index (χ1v) is 4.13. The minimum absolute atomic E-state index is 0.0315. The zero-order chi connectivity index (χ0) is 9.14. The molecule has 4 heteroatoms. The van der Waals surface area contributed by atoms with E-state index in [1.807, 2.05) is 0 Å². The van der Waals surface area contributed by atoms with Crippen LogP contribution in [0.5, 0.6) is 5.75 Å². The standard InChI is InChI=1S/C8H6Cl2O2/c9-4-8(12)5-1-6(10)3-7(11)2-5/h1-3,11H,4H2. The van der Waals surface area contributed by atoms with E-state index in [9.17, 15) is 4.79 Å². The highest BCUT2D eigenvalue weighted by atomic mass is 35.5. The molecule has 0 heterocycles. The van der Waals surface area contributed by atoms with E-state index in [-0.39, 0.29) is 17.4 Å². The molecule has 1 N–H and O–H groups in total. The number of phenols is 1. The van der Waals surface area contributed by atoms with E-state index < -0.39 is 0 Å². The summed E-state index contributed by atoms with van der Waals surface area (Å²) in [5.74, 6) is -0.398. The summed E-state index contributed by atoms with van der Waals surface area (Å²) in [6, 6.07) is 4.15. The highest BCUT2D eigenvalue weighted by Gasteiger charge is 2.05. The maximum atomic E-state index is 11.0. The van der Waals surface area contributed by atoms with Crippen LogP contribution >= 0.6 is 23.2 Å². The van der Waals surface area contributed by atoms with Gasteiger partial charge in [0.05, 0.1) is 5.88 Å². The first-order chi connectivity index (χ1) is 5.63. The molecular weight excluding hydrogens is 199 g/mol. The zero-order valence-corrected chi connectivity index (χ0v) is 7.56. The van der Waals surface area contributed by atoms with Crippen molar-refractivity contribution in [1.29, 1.82) is 0 Å². The topological polar surface area (TPSA) is 37.3 Å². The van der Waals surface area contributed by atoms with E-state index in [4.69, 9.17) is 28.3 Å². The van der Waals surface area contributed by atoms with Crippen LogP contribution in [0.2, 0.25) is 5.02 Å². The van der Waals surface area contributed by atoms with Crippen LogP contribution in [0.4, 0.5) is 0 Å². The summed E-state index contributed by atoms with van der Waals surface area (Å²) in [5.41, 5.74) is 0.329. The van der Waals surface area contributed by atoms with Gasteiger partial charge in [-0.3, -0.25) is 4.79 Å². The Balaban J connectivity index is 3.08. The Bertz CT molecular complexity index is 290. The fourth-order valence-corrected chi connectivity index (χ4v) is 1.20. The number of rotatable bonds is 2. The quantitative estimate of drug-likeness (QED) is 0.594. The molecule has 0 fully saturated rings. The molecule has 0 spiro atoms. The van der Waals surface area contributed by atoms with E-state index in [1.165, 1.54) is 18.2 Å². The van der Waals surface area contributed by atoms with E-state index >= 15 is 0 Å². The Morgan fingerprint density at radius 1 is 1.42 bits per heavy atom. The lowest BCUT2D eigenvalue weighted by atomic mass is 10.1. The Morgan fingerprint density at radius 3 is 2.58 bits per heavy atom. The van der Waals surface area contributed by atoms with Gasteiger partial charge in [0.15, 0.2) is 5.78 Å². The van der Waals surface area contributed by atoms with Crippen LogP contribution < -0.4 is 0 Å². The number of aromatic hydroxyl groups is 1. The normalized spacial score (nSPS) is 9.83. The summed E-state index contributed by atoms with van der Waals surface area (Å²) in [4.78, 5) is 11.0. The number of benzene rings is 1. The van der Waals surface area contributed by atoms with Crippen molar-refractivity contribution >= 4 is 29.0 Å². The number of ketones is 1. The molecule has 12 heavy (non-hydrogen) atoms. The first-order valence-electron chi connectivity index (χ1n) is 3.22. The number of hydrogen-bond acceptors (Lipinski definition) is 2. The van der Waals surface area contributed by atoms with E-state index in [0.717, 1.165) is 0 Å². The minimum atomic E-state index is -0.255. The van der Waals surface area contributed by atoms with Gasteiger partial charge in [-0.1, -0.05) is 11.6 Å². The summed E-state index contributed by atoms with van der Waals surface area (Å²) < 4.78 is 0. The predicted molar refractivity (Wildman–Crippen MR) is 48.2 cm³/mol. The van der Waals surface area contributed by atoms with Crippen molar-refractivity contribution in [2.45, 2.75) is 0 Å². The minimum Gasteiger partial charge on any atom is -0.508 e. The van der Waals surface area contributed by atoms with Crippen LogP contribution in [0.3, 0.4) is 0 Å². The Morgan fingerprint density at radius 2 is 2.08 bits per heavy atom. The molecule has 0 aromatic heterocycles. The fourth-order valence-electron chi connectivity index (χ4n) is 0.812. The van der Waals surface area contributed by atoms with Crippen molar-refractivity contribution in [3.63, 3.8) is 0 Å². The summed E-state index contributed by atoms with van der Waals surface area (Å²) in [7, 11) is 0. The van der Waals surface area contributed by atoms with Crippen molar-refractivity contribution in [3.05, 3.63) is 28.8 Å². The first kappa shape index (κ1) is 9.36. The molecule has 0 saturated carbocycles. The third-order valence-corrected chi connectivity index (χ3v) is 1.79. The summed E-state index contributed by atoms with van der Waals surface area (Å²) in [6.45, 7) is 0. The van der Waals surface area contributed by atoms with Crippen LogP contribution in [0.25, 0.3) is 0 Å². The molecule has 0 bridgehead atoms. The number of halogens is 2. The van der Waals surface area contributed by atoms with Crippen LogP contribution in [-0.4, -0.2) is 16.8 Å². The van der Waals surface area contributed by atoms with Gasteiger partial charge in [0.1, 0.15) is 5.75 Å². The highest BCUT2D eigenvalue weighted by molar-refractivity contribution is 6.32. The van der Waals surface area contributed by atoms with E-state index in [1.54, 1.807) is 0 Å². The molecule has 64 valence electrons. The Hall–Kier alpha value is -0.730. The van der Waals surface area contributed by atoms with Gasteiger partial charge in [0, 0.05) is 10.6 Å². The lowest BCUT2D eigenvalue weighted by Gasteiger charge is -1.98. The van der Waals surface area contributed by atoms with Crippen LogP contribution in [0.15, 0.2) is 18.2 Å². The van der Waals surface area contributed by atoms with Crippen LogP contribution in [-0.2, 0) is 0 Å². The molecule has 0 amide bonds. The average molecular weight is 205 g/mol. The van der Waals surface area contributed by atoms with Crippen molar-refractivity contribution in [3.8, 4) is 5.75 Å². The van der Waals surface area contributed by atoms with Crippen molar-refractivity contribution in [2.75, 3.05) is 5.88 Å². The van der Waals surface area contributed by atoms with Crippen molar-refractivity contribution < 1.29 is 9.90 Å². The lowest BCUT2D eigenvalue weighted by Crippen LogP contribution is -1.99. The van der Waals surface area contributed by atoms with Gasteiger partial charge in [-0.25, -0.2) is 0 Å². The maximum absolute atomic E-state index is 11.0. The molecule has 1 aromatic rings. The lowest BCUT2D eigenvalue weighted by molar-refractivity contribution is 0.102. The third-order valence-electron chi connectivity index (χ3n) is 1.33. The molecule has 0 atom stereocenters. The average Bonchev–Trinajstić information content (AvgIpc) is 2.01. The molecule has 0 aliphatic heterocycles. The molecule has 0 saturated heterocycles. The SMILES string of the molecule is O=C(CCl)c1cc(O)cc(Cl)c1. The number of carbonyl (C=O) groups is 1. The Kier molecular flexibility index (Phi) is 2.95. The molecule has 0 radical (unpaired) electrons. The van der Waals surface area contributed by atoms with Crippen LogP contribution in [0, 0.1) is 0 Å². The Labute approximate surface area is 79.7 Å². The molecule has 0 aliphatic carbocycles. The predicted octanol–water partition coefficient (Wildman–Crippen LogP) is 2.47. The highest BCUT2D eigenvalue weighted by Crippen LogP contribution is 2.20. The number of alkyl halides is 1. The molecule has 1 rings (SSSR count). The number of Topliss-reactive ketones (excluding diaryl/α,β-unsaturated/α-hetero) is 1. The van der Waals surface area contributed by atoms with Crippen LogP contribution in [0.1, 0.15) is 10.4 Å². The van der Waals surface area contributed by atoms with E-state index in [0.29, 0.717) is 10.6 Å². The molecular formula is C8H6Cl2O2.